The summed E-state index contributed by atoms with van der Waals surface area (Å²) in [6.07, 6.45) is 0.0682. The maximum Gasteiger partial charge on any atom is 0.256 e. The number of benzene rings is 2. The zero-order chi connectivity index (χ0) is 18.0. The molecule has 2 aromatic rings. The molecule has 0 radical (unpaired) electrons. The van der Waals surface area contributed by atoms with E-state index in [-0.39, 0.29) is 24.1 Å². The maximum absolute atomic E-state index is 12.6. The van der Waals surface area contributed by atoms with Gasteiger partial charge in [-0.2, -0.15) is 0 Å². The number of hydrogen-bond donors (Lipinski definition) is 2. The van der Waals surface area contributed by atoms with Crippen molar-refractivity contribution < 1.29 is 14.4 Å². The van der Waals surface area contributed by atoms with Crippen molar-refractivity contribution in [3.8, 4) is 0 Å². The van der Waals surface area contributed by atoms with Crippen LogP contribution in [-0.4, -0.2) is 23.8 Å². The summed E-state index contributed by atoms with van der Waals surface area (Å²) in [6, 6.07) is 12.9. The van der Waals surface area contributed by atoms with Gasteiger partial charge in [0.1, 0.15) is 6.04 Å². The molecule has 1 atom stereocenters. The molecule has 3 rings (SSSR count). The van der Waals surface area contributed by atoms with Gasteiger partial charge in [-0.1, -0.05) is 17.7 Å². The fourth-order valence-electron chi connectivity index (χ4n) is 2.69. The van der Waals surface area contributed by atoms with E-state index in [0.29, 0.717) is 22.1 Å². The molecule has 1 unspecified atom stereocenters. The highest BCUT2D eigenvalue weighted by Gasteiger charge is 2.39. The van der Waals surface area contributed by atoms with Crippen molar-refractivity contribution in [2.45, 2.75) is 19.4 Å². The van der Waals surface area contributed by atoms with Crippen LogP contribution >= 0.6 is 11.6 Å². The van der Waals surface area contributed by atoms with Crippen molar-refractivity contribution in [1.82, 2.24) is 0 Å². The summed E-state index contributed by atoms with van der Waals surface area (Å²) in [5.74, 6) is -0.757. The fraction of sp³-hybridized carbons (Fsp3) is 0.167. The summed E-state index contributed by atoms with van der Waals surface area (Å²) >= 11 is 5.94. The molecule has 7 heteroatoms. The number of halogens is 1. The van der Waals surface area contributed by atoms with Gasteiger partial charge in [0.15, 0.2) is 0 Å². The quantitative estimate of drug-likeness (QED) is 0.824. The normalized spacial score (nSPS) is 16.9. The average molecular weight is 358 g/mol. The molecule has 3 amide bonds. The number of rotatable bonds is 4. The van der Waals surface area contributed by atoms with E-state index in [1.807, 2.05) is 0 Å². The molecule has 0 bridgehead atoms. The number of nitrogens with zero attached hydrogens (tertiary/aromatic N) is 1. The lowest BCUT2D eigenvalue weighted by atomic mass is 10.2. The molecular weight excluding hydrogens is 342 g/mol. The Labute approximate surface area is 149 Å². The molecule has 1 aliphatic rings. The molecular formula is C18H16ClN3O3. The van der Waals surface area contributed by atoms with Gasteiger partial charge in [-0.25, -0.2) is 4.90 Å². The van der Waals surface area contributed by atoms with E-state index >= 15 is 0 Å². The lowest BCUT2D eigenvalue weighted by molar-refractivity contribution is -0.121. The summed E-state index contributed by atoms with van der Waals surface area (Å²) < 4.78 is 0. The number of imide groups is 1. The van der Waals surface area contributed by atoms with Gasteiger partial charge in [0.25, 0.3) is 5.91 Å². The number of nitrogens with one attached hydrogen (secondary N) is 2. The zero-order valence-electron chi connectivity index (χ0n) is 13.5. The Morgan fingerprint density at radius 1 is 1.12 bits per heavy atom. The fourth-order valence-corrected chi connectivity index (χ4v) is 2.87. The number of amides is 3. The number of hydrogen-bond acceptors (Lipinski definition) is 4. The highest BCUT2D eigenvalue weighted by atomic mass is 35.5. The van der Waals surface area contributed by atoms with Crippen LogP contribution < -0.4 is 15.5 Å². The van der Waals surface area contributed by atoms with E-state index in [9.17, 15) is 14.4 Å². The summed E-state index contributed by atoms with van der Waals surface area (Å²) in [4.78, 5) is 37.0. The van der Waals surface area contributed by atoms with E-state index in [4.69, 9.17) is 11.6 Å². The minimum Gasteiger partial charge on any atom is -0.373 e. The molecule has 25 heavy (non-hydrogen) atoms. The monoisotopic (exact) mass is 357 g/mol. The zero-order valence-corrected chi connectivity index (χ0v) is 14.2. The summed E-state index contributed by atoms with van der Waals surface area (Å²) in [5.41, 5.74) is 1.81. The summed E-state index contributed by atoms with van der Waals surface area (Å²) in [7, 11) is 0. The van der Waals surface area contributed by atoms with Gasteiger partial charge in [0, 0.05) is 23.3 Å². The summed E-state index contributed by atoms with van der Waals surface area (Å²) in [5, 5.41) is 6.19. The largest absolute Gasteiger partial charge is 0.373 e. The van der Waals surface area contributed by atoms with Crippen LogP contribution in [0.3, 0.4) is 0 Å². The molecule has 0 aromatic heterocycles. The van der Waals surface area contributed by atoms with Gasteiger partial charge in [-0.3, -0.25) is 14.4 Å². The molecule has 6 nitrogen and oxygen atoms in total. The van der Waals surface area contributed by atoms with E-state index < -0.39 is 6.04 Å². The van der Waals surface area contributed by atoms with Crippen LogP contribution in [0.5, 0.6) is 0 Å². The molecule has 0 spiro atoms. The SMILES string of the molecule is CC(=O)Nc1ccc(NC2CC(=O)N(c3cccc(Cl)c3)C2=O)cc1. The van der Waals surface area contributed by atoms with E-state index in [1.165, 1.54) is 6.92 Å². The molecule has 1 heterocycles. The predicted molar refractivity (Wildman–Crippen MR) is 96.7 cm³/mol. The first-order valence-electron chi connectivity index (χ1n) is 7.70. The molecule has 1 aliphatic heterocycles. The van der Waals surface area contributed by atoms with Crippen LogP contribution in [0.1, 0.15) is 13.3 Å². The second-order valence-electron chi connectivity index (χ2n) is 5.71. The van der Waals surface area contributed by atoms with Crippen molar-refractivity contribution in [2.75, 3.05) is 15.5 Å². The van der Waals surface area contributed by atoms with Crippen molar-refractivity contribution in [1.29, 1.82) is 0 Å². The molecule has 0 saturated carbocycles. The average Bonchev–Trinajstić information content (AvgIpc) is 2.83. The standard InChI is InChI=1S/C18H16ClN3O3/c1-11(23)20-13-5-7-14(8-6-13)21-16-10-17(24)22(18(16)25)15-4-2-3-12(19)9-15/h2-9,16,21H,10H2,1H3,(H,20,23). The topological polar surface area (TPSA) is 78.5 Å². The lowest BCUT2D eigenvalue weighted by Crippen LogP contribution is -2.34. The Bertz CT molecular complexity index is 836. The summed E-state index contributed by atoms with van der Waals surface area (Å²) in [6.45, 7) is 1.43. The molecule has 1 saturated heterocycles. The van der Waals surface area contributed by atoms with Gasteiger partial charge in [-0.15, -0.1) is 0 Å². The van der Waals surface area contributed by atoms with E-state index in [2.05, 4.69) is 10.6 Å². The third-order valence-electron chi connectivity index (χ3n) is 3.76. The molecule has 2 aromatic carbocycles. The second-order valence-corrected chi connectivity index (χ2v) is 6.14. The molecule has 128 valence electrons. The van der Waals surface area contributed by atoms with E-state index in [1.54, 1.807) is 48.5 Å². The molecule has 0 aliphatic carbocycles. The van der Waals surface area contributed by atoms with Crippen LogP contribution in [0.25, 0.3) is 0 Å². The second kappa shape index (κ2) is 6.94. The Kier molecular flexibility index (Phi) is 4.72. The van der Waals surface area contributed by atoms with Crippen molar-refractivity contribution in [3.05, 3.63) is 53.6 Å². The third-order valence-corrected chi connectivity index (χ3v) is 3.99. The third kappa shape index (κ3) is 3.80. The first-order chi connectivity index (χ1) is 11.9. The van der Waals surface area contributed by atoms with Gasteiger partial charge >= 0.3 is 0 Å². The van der Waals surface area contributed by atoms with Crippen molar-refractivity contribution >= 4 is 46.4 Å². The van der Waals surface area contributed by atoms with Gasteiger partial charge in [0.05, 0.1) is 12.1 Å². The van der Waals surface area contributed by atoms with E-state index in [0.717, 1.165) is 4.90 Å². The molecule has 2 N–H and O–H groups in total. The van der Waals surface area contributed by atoms with Gasteiger partial charge in [0.2, 0.25) is 11.8 Å². The molecule has 1 fully saturated rings. The van der Waals surface area contributed by atoms with Crippen LogP contribution in [0.15, 0.2) is 48.5 Å². The van der Waals surface area contributed by atoms with Crippen LogP contribution in [0.2, 0.25) is 5.02 Å². The van der Waals surface area contributed by atoms with Crippen LogP contribution in [0.4, 0.5) is 17.1 Å². The smallest absolute Gasteiger partial charge is 0.256 e. The highest BCUT2D eigenvalue weighted by molar-refractivity contribution is 6.31. The number of anilines is 3. The van der Waals surface area contributed by atoms with Crippen LogP contribution in [-0.2, 0) is 14.4 Å². The van der Waals surface area contributed by atoms with Gasteiger partial charge < -0.3 is 10.6 Å². The number of carbonyl (C=O) groups excluding carboxylic acids is 3. The Hall–Kier alpha value is -2.86. The predicted octanol–water partition coefficient (Wildman–Crippen LogP) is 3.04. The van der Waals surface area contributed by atoms with Crippen LogP contribution in [0, 0.1) is 0 Å². The number of carbonyl (C=O) groups is 3. The van der Waals surface area contributed by atoms with Gasteiger partial charge in [-0.05, 0) is 42.5 Å². The Morgan fingerprint density at radius 3 is 2.44 bits per heavy atom. The lowest BCUT2D eigenvalue weighted by Gasteiger charge is -2.16. The Morgan fingerprint density at radius 2 is 1.80 bits per heavy atom. The first-order valence-corrected chi connectivity index (χ1v) is 8.08. The Balaban J connectivity index is 1.73. The van der Waals surface area contributed by atoms with Crippen molar-refractivity contribution in [2.24, 2.45) is 0 Å². The minimum absolute atomic E-state index is 0.0682. The highest BCUT2D eigenvalue weighted by Crippen LogP contribution is 2.27. The minimum atomic E-state index is -0.641. The van der Waals surface area contributed by atoms with Crippen molar-refractivity contribution in [3.63, 3.8) is 0 Å². The first kappa shape index (κ1) is 17.0. The maximum atomic E-state index is 12.6.